The second kappa shape index (κ2) is 14.2. The Balaban J connectivity index is 2.44. The number of rotatable bonds is 12. The van der Waals surface area contributed by atoms with Crippen LogP contribution >= 0.6 is 0 Å². The largest absolute Gasteiger partial charge is 0.461 e. The fraction of sp³-hybridized carbons (Fsp3) is 0.625. The first kappa shape index (κ1) is 31.9. The number of hydrogen-bond acceptors (Lipinski definition) is 6. The standard InChI is InChI=1S/C32H48O6/c1-22(2)10-7-11-23(3)12-8-13-26(21-38-25(5)35)28-16-18-32(30(28)36)29(14-9-19-33)27(24(4)20-34)15-17-31(32,6)37/h8,10,12-13,20,28-30,33,36-37H,3,7,9,11,14-19,21H2,1-2,4-6H3/b12-8+,26-13-,27-24+/t28-,29+,30+,31-,32-/m0/s1. The van der Waals surface area contributed by atoms with Crippen LogP contribution in [0.5, 0.6) is 0 Å². The second-order valence-electron chi connectivity index (χ2n) is 11.5. The van der Waals surface area contributed by atoms with E-state index in [2.05, 4.69) is 26.5 Å². The predicted octanol–water partition coefficient (Wildman–Crippen LogP) is 5.54. The molecule has 0 unspecified atom stereocenters. The average Bonchev–Trinajstić information content (AvgIpc) is 3.19. The SMILES string of the molecule is C=C(/C=C/C=C(/COC(C)=O)[C@@H]1CC[C@]2([C@H](CCCO)/C(=C(\C)C=O)CC[C@]2(C)O)[C@@H]1O)CCC=C(C)C. The maximum atomic E-state index is 12.0. The number of allylic oxidation sites excluding steroid dienone is 8. The van der Waals surface area contributed by atoms with Gasteiger partial charge in [-0.05, 0) is 96.1 Å². The Morgan fingerprint density at radius 3 is 2.53 bits per heavy atom. The lowest BCUT2D eigenvalue weighted by Crippen LogP contribution is -2.59. The van der Waals surface area contributed by atoms with Crippen LogP contribution in [0, 0.1) is 17.3 Å². The molecule has 6 heteroatoms. The van der Waals surface area contributed by atoms with E-state index >= 15 is 0 Å². The Bertz CT molecular complexity index is 978. The second-order valence-corrected chi connectivity index (χ2v) is 11.5. The first-order valence-corrected chi connectivity index (χ1v) is 13.9. The normalized spacial score (nSPS) is 30.9. The van der Waals surface area contributed by atoms with Crippen molar-refractivity contribution in [3.63, 3.8) is 0 Å². The fourth-order valence-electron chi connectivity index (χ4n) is 6.56. The quantitative estimate of drug-likeness (QED) is 0.101. The molecule has 0 bridgehead atoms. The van der Waals surface area contributed by atoms with Gasteiger partial charge in [0.05, 0.1) is 11.7 Å². The molecule has 212 valence electrons. The summed E-state index contributed by atoms with van der Waals surface area (Å²) < 4.78 is 5.38. The number of aliphatic hydroxyl groups excluding tert-OH is 2. The molecule has 2 saturated carbocycles. The summed E-state index contributed by atoms with van der Waals surface area (Å²) >= 11 is 0. The summed E-state index contributed by atoms with van der Waals surface area (Å²) in [5.41, 5.74) is 2.62. The number of aldehydes is 1. The highest BCUT2D eigenvalue weighted by Crippen LogP contribution is 2.62. The Morgan fingerprint density at radius 2 is 1.92 bits per heavy atom. The van der Waals surface area contributed by atoms with Crippen LogP contribution in [-0.2, 0) is 14.3 Å². The summed E-state index contributed by atoms with van der Waals surface area (Å²) in [5, 5.41) is 33.4. The molecule has 0 radical (unpaired) electrons. The Labute approximate surface area is 228 Å². The molecule has 6 nitrogen and oxygen atoms in total. The fourth-order valence-corrected chi connectivity index (χ4v) is 6.56. The molecule has 2 fully saturated rings. The highest BCUT2D eigenvalue weighted by molar-refractivity contribution is 5.74. The average molecular weight is 529 g/mol. The number of hydrogen-bond donors (Lipinski definition) is 3. The van der Waals surface area contributed by atoms with Crippen molar-refractivity contribution < 1.29 is 29.6 Å². The van der Waals surface area contributed by atoms with Gasteiger partial charge in [-0.15, -0.1) is 0 Å². The lowest BCUT2D eigenvalue weighted by molar-refractivity contribution is -0.168. The molecule has 3 N–H and O–H groups in total. The van der Waals surface area contributed by atoms with Gasteiger partial charge in [0.1, 0.15) is 12.9 Å². The Kier molecular flexibility index (Phi) is 11.9. The van der Waals surface area contributed by atoms with Gasteiger partial charge in [0, 0.05) is 24.9 Å². The van der Waals surface area contributed by atoms with Gasteiger partial charge in [0.15, 0.2) is 0 Å². The van der Waals surface area contributed by atoms with E-state index in [-0.39, 0.29) is 25.0 Å². The van der Waals surface area contributed by atoms with E-state index in [4.69, 9.17) is 4.74 Å². The van der Waals surface area contributed by atoms with Crippen LogP contribution in [0.15, 0.2) is 58.7 Å². The molecule has 38 heavy (non-hydrogen) atoms. The molecule has 2 aliphatic rings. The molecule has 2 rings (SSSR count). The Hall–Kier alpha value is -2.28. The highest BCUT2D eigenvalue weighted by Gasteiger charge is 2.64. The van der Waals surface area contributed by atoms with Crippen molar-refractivity contribution in [2.45, 2.75) is 97.7 Å². The van der Waals surface area contributed by atoms with Gasteiger partial charge in [0.2, 0.25) is 0 Å². The van der Waals surface area contributed by atoms with E-state index in [1.807, 2.05) is 18.2 Å². The maximum absolute atomic E-state index is 12.0. The van der Waals surface area contributed by atoms with Gasteiger partial charge in [-0.1, -0.05) is 47.6 Å². The summed E-state index contributed by atoms with van der Waals surface area (Å²) in [5.74, 6) is -0.952. The predicted molar refractivity (Wildman–Crippen MR) is 151 cm³/mol. The van der Waals surface area contributed by atoms with Crippen molar-refractivity contribution in [1.29, 1.82) is 0 Å². The van der Waals surface area contributed by atoms with Crippen molar-refractivity contribution in [2.24, 2.45) is 17.3 Å². The molecule has 2 aliphatic carbocycles. The van der Waals surface area contributed by atoms with Crippen molar-refractivity contribution in [1.82, 2.24) is 0 Å². The van der Waals surface area contributed by atoms with Gasteiger partial charge in [-0.2, -0.15) is 0 Å². The van der Waals surface area contributed by atoms with Gasteiger partial charge >= 0.3 is 5.97 Å². The topological polar surface area (TPSA) is 104 Å². The zero-order valence-corrected chi connectivity index (χ0v) is 24.0. The summed E-state index contributed by atoms with van der Waals surface area (Å²) in [6.07, 6.45) is 12.9. The molecule has 1 spiro atoms. The van der Waals surface area contributed by atoms with E-state index in [0.29, 0.717) is 44.1 Å². The molecule has 0 amide bonds. The van der Waals surface area contributed by atoms with Gasteiger partial charge < -0.3 is 20.1 Å². The Morgan fingerprint density at radius 1 is 1.21 bits per heavy atom. The summed E-state index contributed by atoms with van der Waals surface area (Å²) in [4.78, 5) is 23.4. The van der Waals surface area contributed by atoms with Crippen molar-refractivity contribution in [3.8, 4) is 0 Å². The maximum Gasteiger partial charge on any atom is 0.302 e. The number of carbonyl (C=O) groups excluding carboxylic acids is 2. The van der Waals surface area contributed by atoms with Crippen molar-refractivity contribution in [2.75, 3.05) is 13.2 Å². The highest BCUT2D eigenvalue weighted by atomic mass is 16.5. The minimum absolute atomic E-state index is 0.00155. The van der Waals surface area contributed by atoms with E-state index < -0.39 is 23.1 Å². The van der Waals surface area contributed by atoms with Gasteiger partial charge in [-0.3, -0.25) is 9.59 Å². The van der Waals surface area contributed by atoms with Crippen LogP contribution in [0.4, 0.5) is 0 Å². The van der Waals surface area contributed by atoms with E-state index in [9.17, 15) is 24.9 Å². The molecule has 0 aromatic carbocycles. The first-order chi connectivity index (χ1) is 17.9. The molecule has 5 atom stereocenters. The summed E-state index contributed by atoms with van der Waals surface area (Å²) in [7, 11) is 0. The molecule has 0 aliphatic heterocycles. The first-order valence-electron chi connectivity index (χ1n) is 13.9. The molecule has 0 aromatic rings. The van der Waals surface area contributed by atoms with Crippen LogP contribution < -0.4 is 0 Å². The van der Waals surface area contributed by atoms with Crippen molar-refractivity contribution in [3.05, 3.63) is 58.7 Å². The van der Waals surface area contributed by atoms with E-state index in [1.54, 1.807) is 13.8 Å². The molecular weight excluding hydrogens is 480 g/mol. The minimum atomic E-state index is -1.16. The summed E-state index contributed by atoms with van der Waals surface area (Å²) in [6.45, 7) is 13.3. The van der Waals surface area contributed by atoms with Gasteiger partial charge in [0.25, 0.3) is 0 Å². The third kappa shape index (κ3) is 7.43. The summed E-state index contributed by atoms with van der Waals surface area (Å²) in [6, 6.07) is 0. The molecular formula is C32H48O6. The monoisotopic (exact) mass is 528 g/mol. The number of carbonyl (C=O) groups is 2. The smallest absolute Gasteiger partial charge is 0.302 e. The lowest BCUT2D eigenvalue weighted by atomic mass is 9.52. The third-order valence-electron chi connectivity index (χ3n) is 8.62. The molecule has 0 aromatic heterocycles. The zero-order valence-electron chi connectivity index (χ0n) is 24.0. The van der Waals surface area contributed by atoms with Crippen LogP contribution in [0.1, 0.15) is 86.0 Å². The molecule has 0 heterocycles. The van der Waals surface area contributed by atoms with Crippen molar-refractivity contribution >= 4 is 12.3 Å². The van der Waals surface area contributed by atoms with E-state index in [0.717, 1.165) is 35.8 Å². The zero-order chi connectivity index (χ0) is 28.5. The van der Waals surface area contributed by atoms with Crippen LogP contribution in [0.25, 0.3) is 0 Å². The lowest BCUT2D eigenvalue weighted by Gasteiger charge is -2.55. The van der Waals surface area contributed by atoms with E-state index in [1.165, 1.54) is 12.5 Å². The third-order valence-corrected chi connectivity index (χ3v) is 8.62. The van der Waals surface area contributed by atoms with Crippen LogP contribution in [0.3, 0.4) is 0 Å². The minimum Gasteiger partial charge on any atom is -0.461 e. The van der Waals surface area contributed by atoms with Crippen LogP contribution in [0.2, 0.25) is 0 Å². The molecule has 0 saturated heterocycles. The van der Waals surface area contributed by atoms with Gasteiger partial charge in [-0.25, -0.2) is 0 Å². The van der Waals surface area contributed by atoms with Crippen LogP contribution in [-0.4, -0.2) is 52.5 Å². The number of esters is 1. The number of aliphatic hydroxyl groups is 3. The number of ether oxygens (including phenoxy) is 1.